The van der Waals surface area contributed by atoms with Crippen LogP contribution in [0.25, 0.3) is 0 Å². The molecule has 1 unspecified atom stereocenters. The molecular weight excluding hydrogens is 306 g/mol. The van der Waals surface area contributed by atoms with Gasteiger partial charge in [0, 0.05) is 6.54 Å². The van der Waals surface area contributed by atoms with Crippen molar-refractivity contribution in [1.29, 1.82) is 0 Å². The highest BCUT2D eigenvalue weighted by Crippen LogP contribution is 2.55. The minimum absolute atomic E-state index is 0.132. The average molecular weight is 321 g/mol. The smallest absolute Gasteiger partial charge is 0.314 e. The van der Waals surface area contributed by atoms with E-state index in [4.69, 9.17) is 0 Å². The van der Waals surface area contributed by atoms with E-state index in [0.717, 1.165) is 5.56 Å². The number of amides is 2. The van der Waals surface area contributed by atoms with Crippen molar-refractivity contribution in [2.45, 2.75) is 11.8 Å². The molecule has 5 nitrogen and oxygen atoms in total. The van der Waals surface area contributed by atoms with Crippen molar-refractivity contribution in [2.75, 3.05) is 6.54 Å². The monoisotopic (exact) mass is 321 g/mol. The van der Waals surface area contributed by atoms with Gasteiger partial charge in [-0.2, -0.15) is 0 Å². The second-order valence-electron chi connectivity index (χ2n) is 6.31. The van der Waals surface area contributed by atoms with Crippen LogP contribution in [0.4, 0.5) is 0 Å². The highest BCUT2D eigenvalue weighted by atomic mass is 16.4. The normalized spacial score (nSPS) is 24.8. The molecule has 1 N–H and O–H groups in total. The van der Waals surface area contributed by atoms with Crippen LogP contribution in [0, 0.1) is 5.92 Å². The van der Waals surface area contributed by atoms with Crippen LogP contribution >= 0.6 is 0 Å². The maximum Gasteiger partial charge on any atom is 0.314 e. The van der Waals surface area contributed by atoms with E-state index in [1.807, 2.05) is 6.07 Å². The van der Waals surface area contributed by atoms with Gasteiger partial charge in [-0.05, 0) is 30.0 Å². The molecule has 0 bridgehead atoms. The first-order valence-corrected chi connectivity index (χ1v) is 7.80. The summed E-state index contributed by atoms with van der Waals surface area (Å²) in [6, 6.07) is 15.7. The van der Waals surface area contributed by atoms with Crippen LogP contribution in [0.1, 0.15) is 32.7 Å². The number of aliphatic carboxylic acids is 1. The Morgan fingerprint density at radius 2 is 1.54 bits per heavy atom. The van der Waals surface area contributed by atoms with Gasteiger partial charge in [-0.1, -0.05) is 42.5 Å². The van der Waals surface area contributed by atoms with Crippen molar-refractivity contribution in [3.05, 3.63) is 71.3 Å². The Morgan fingerprint density at radius 3 is 2.08 bits per heavy atom. The van der Waals surface area contributed by atoms with Crippen molar-refractivity contribution >= 4 is 17.8 Å². The lowest BCUT2D eigenvalue weighted by Gasteiger charge is -2.17. The van der Waals surface area contributed by atoms with E-state index in [1.54, 1.807) is 48.5 Å². The number of hydrogen-bond donors (Lipinski definition) is 1. The lowest BCUT2D eigenvalue weighted by molar-refractivity contribution is -0.140. The Labute approximate surface area is 138 Å². The maximum absolute atomic E-state index is 12.4. The summed E-state index contributed by atoms with van der Waals surface area (Å²) in [5.41, 5.74) is 0.503. The minimum atomic E-state index is -1.00. The fourth-order valence-electron chi connectivity index (χ4n) is 3.65. The van der Waals surface area contributed by atoms with Crippen LogP contribution < -0.4 is 0 Å². The van der Waals surface area contributed by atoms with E-state index < -0.39 is 11.4 Å². The van der Waals surface area contributed by atoms with Gasteiger partial charge >= 0.3 is 5.97 Å². The van der Waals surface area contributed by atoms with Crippen LogP contribution in [0.2, 0.25) is 0 Å². The predicted molar refractivity (Wildman–Crippen MR) is 85.7 cm³/mol. The summed E-state index contributed by atoms with van der Waals surface area (Å²) < 4.78 is 0. The first-order chi connectivity index (χ1) is 11.6. The first-order valence-electron chi connectivity index (χ1n) is 7.80. The Balaban J connectivity index is 1.61. The van der Waals surface area contributed by atoms with Gasteiger partial charge in [0.15, 0.2) is 0 Å². The molecule has 1 saturated carbocycles. The SMILES string of the molecule is O=C1c2ccccc2C(=O)N1CC1C[C@]1(C(=O)O)c1ccccc1. The van der Waals surface area contributed by atoms with E-state index >= 15 is 0 Å². The van der Waals surface area contributed by atoms with Gasteiger partial charge in [-0.25, -0.2) is 0 Å². The number of nitrogens with zero attached hydrogens (tertiary/aromatic N) is 1. The molecule has 120 valence electrons. The molecule has 2 amide bonds. The zero-order chi connectivity index (χ0) is 16.9. The highest BCUT2D eigenvalue weighted by Gasteiger charge is 2.62. The maximum atomic E-state index is 12.4. The standard InChI is InChI=1S/C19H15NO4/c21-16-14-8-4-5-9-15(14)17(22)20(16)11-13-10-19(13,18(23)24)12-6-2-1-3-7-12/h1-9,13H,10-11H2,(H,23,24)/t13?,19-/m0/s1. The number of carbonyl (C=O) groups excluding carboxylic acids is 2. The van der Waals surface area contributed by atoms with Crippen molar-refractivity contribution in [2.24, 2.45) is 5.92 Å². The number of benzene rings is 2. The van der Waals surface area contributed by atoms with Gasteiger partial charge in [0.05, 0.1) is 16.5 Å². The molecule has 2 atom stereocenters. The molecule has 0 aromatic heterocycles. The molecule has 1 aliphatic heterocycles. The Kier molecular flexibility index (Phi) is 3.06. The third kappa shape index (κ3) is 1.91. The summed E-state index contributed by atoms with van der Waals surface area (Å²) in [6.45, 7) is 0.132. The number of fused-ring (bicyclic) bond motifs is 1. The van der Waals surface area contributed by atoms with E-state index in [1.165, 1.54) is 4.90 Å². The fraction of sp³-hybridized carbons (Fsp3) is 0.211. The quantitative estimate of drug-likeness (QED) is 0.877. The summed E-state index contributed by atoms with van der Waals surface area (Å²) in [6.07, 6.45) is 0.430. The molecule has 0 saturated heterocycles. The second kappa shape index (κ2) is 5.03. The summed E-state index contributed by atoms with van der Waals surface area (Å²) in [7, 11) is 0. The third-order valence-electron chi connectivity index (χ3n) is 5.06. The first kappa shape index (κ1) is 14.6. The number of imide groups is 1. The van der Waals surface area contributed by atoms with Crippen LogP contribution in [0.5, 0.6) is 0 Å². The van der Waals surface area contributed by atoms with E-state index in [9.17, 15) is 19.5 Å². The molecule has 0 spiro atoms. The van der Waals surface area contributed by atoms with Gasteiger partial charge in [-0.3, -0.25) is 19.3 Å². The number of carboxylic acids is 1. The van der Waals surface area contributed by atoms with E-state index in [0.29, 0.717) is 17.5 Å². The van der Waals surface area contributed by atoms with Crippen molar-refractivity contribution in [1.82, 2.24) is 4.90 Å². The van der Waals surface area contributed by atoms with Crippen molar-refractivity contribution in [3.8, 4) is 0 Å². The Morgan fingerprint density at radius 1 is 1.00 bits per heavy atom. The largest absolute Gasteiger partial charge is 0.481 e. The lowest BCUT2D eigenvalue weighted by atomic mass is 9.93. The molecule has 1 aliphatic carbocycles. The summed E-state index contributed by atoms with van der Waals surface area (Å²) in [5, 5.41) is 9.72. The van der Waals surface area contributed by atoms with Gasteiger partial charge in [-0.15, -0.1) is 0 Å². The molecule has 24 heavy (non-hydrogen) atoms. The third-order valence-corrected chi connectivity index (χ3v) is 5.06. The number of hydrogen-bond acceptors (Lipinski definition) is 3. The fourth-order valence-corrected chi connectivity index (χ4v) is 3.65. The molecule has 0 radical (unpaired) electrons. The molecule has 4 rings (SSSR count). The highest BCUT2D eigenvalue weighted by molar-refractivity contribution is 6.21. The topological polar surface area (TPSA) is 74.7 Å². The minimum Gasteiger partial charge on any atom is -0.481 e. The van der Waals surface area contributed by atoms with Crippen molar-refractivity contribution in [3.63, 3.8) is 0 Å². The van der Waals surface area contributed by atoms with E-state index in [2.05, 4.69) is 0 Å². The van der Waals surface area contributed by atoms with Crippen LogP contribution in [-0.2, 0) is 10.2 Å². The Bertz CT molecular complexity index is 826. The van der Waals surface area contributed by atoms with Crippen LogP contribution in [0.15, 0.2) is 54.6 Å². The second-order valence-corrected chi connectivity index (χ2v) is 6.31. The van der Waals surface area contributed by atoms with Gasteiger partial charge in [0.2, 0.25) is 0 Å². The zero-order valence-electron chi connectivity index (χ0n) is 12.8. The molecule has 1 fully saturated rings. The zero-order valence-corrected chi connectivity index (χ0v) is 12.8. The molecular formula is C19H15NO4. The van der Waals surface area contributed by atoms with Gasteiger partial charge < -0.3 is 5.11 Å². The summed E-state index contributed by atoms with van der Waals surface area (Å²) in [5.74, 6) is -1.85. The average Bonchev–Trinajstić information content (AvgIpc) is 3.29. The Hall–Kier alpha value is -2.95. The summed E-state index contributed by atoms with van der Waals surface area (Å²) in [4.78, 5) is 37.9. The van der Waals surface area contributed by atoms with Crippen molar-refractivity contribution < 1.29 is 19.5 Å². The molecule has 5 heteroatoms. The molecule has 2 aliphatic rings. The molecule has 2 aromatic rings. The van der Waals surface area contributed by atoms with Gasteiger partial charge in [0.1, 0.15) is 0 Å². The number of carbonyl (C=O) groups is 3. The lowest BCUT2D eigenvalue weighted by Crippen LogP contribution is -2.34. The number of rotatable bonds is 4. The molecule has 1 heterocycles. The van der Waals surface area contributed by atoms with Crippen LogP contribution in [-0.4, -0.2) is 34.3 Å². The predicted octanol–water partition coefficient (Wildman–Crippen LogP) is 2.33. The van der Waals surface area contributed by atoms with Gasteiger partial charge in [0.25, 0.3) is 11.8 Å². The summed E-state index contributed by atoms with van der Waals surface area (Å²) >= 11 is 0. The molecule has 2 aromatic carbocycles. The van der Waals surface area contributed by atoms with Crippen LogP contribution in [0.3, 0.4) is 0 Å². The van der Waals surface area contributed by atoms with E-state index in [-0.39, 0.29) is 24.3 Å². The number of carboxylic acid groups (broad SMARTS) is 1.